The molecule has 1 saturated heterocycles. The van der Waals surface area contributed by atoms with Crippen molar-refractivity contribution in [2.24, 2.45) is 0 Å². The van der Waals surface area contributed by atoms with E-state index in [1.807, 2.05) is 49.5 Å². The molecule has 0 aromatic heterocycles. The zero-order valence-corrected chi connectivity index (χ0v) is 16.6. The quantitative estimate of drug-likeness (QED) is 0.552. The van der Waals surface area contributed by atoms with E-state index in [4.69, 9.17) is 9.47 Å². The van der Waals surface area contributed by atoms with E-state index < -0.39 is 0 Å². The summed E-state index contributed by atoms with van der Waals surface area (Å²) in [6, 6.07) is 17.9. The highest BCUT2D eigenvalue weighted by Crippen LogP contribution is 2.09. The number of nitrogens with one attached hydrogen (secondary N) is 3. The van der Waals surface area contributed by atoms with Gasteiger partial charge in [-0.15, -0.1) is 0 Å². The van der Waals surface area contributed by atoms with Crippen molar-refractivity contribution in [2.75, 3.05) is 58.4 Å². The number of rotatable bonds is 9. The Kier molecular flexibility index (Phi) is 7.84. The molecule has 1 fully saturated rings. The summed E-state index contributed by atoms with van der Waals surface area (Å²) in [6.45, 7) is 6.57. The summed E-state index contributed by atoms with van der Waals surface area (Å²) in [6.07, 6.45) is 0. The minimum Gasteiger partial charge on any atom is -0.488 e. The Balaban J connectivity index is 1.36. The van der Waals surface area contributed by atoms with Gasteiger partial charge in [0.1, 0.15) is 38.5 Å². The van der Waals surface area contributed by atoms with Crippen LogP contribution in [0.15, 0.2) is 54.6 Å². The smallest absolute Gasteiger partial charge is 0.279 e. The van der Waals surface area contributed by atoms with Crippen LogP contribution in [0.25, 0.3) is 0 Å². The van der Waals surface area contributed by atoms with Crippen LogP contribution in [0.2, 0.25) is 0 Å². The highest BCUT2D eigenvalue weighted by molar-refractivity contribution is 5.91. The SMILES string of the molecule is C[NH+](CCOc1ccccc1)CC(=O)Nc1ccc(C[NH+]2CCOCC2)cc1. The van der Waals surface area contributed by atoms with E-state index in [0.29, 0.717) is 13.2 Å². The largest absolute Gasteiger partial charge is 0.488 e. The first-order valence-electron chi connectivity index (χ1n) is 9.98. The van der Waals surface area contributed by atoms with Gasteiger partial charge >= 0.3 is 0 Å². The number of quaternary nitrogens is 2. The molecule has 1 amide bonds. The molecule has 1 aliphatic heterocycles. The van der Waals surface area contributed by atoms with Gasteiger partial charge in [-0.2, -0.15) is 0 Å². The predicted octanol–water partition coefficient (Wildman–Crippen LogP) is -0.366. The number of benzene rings is 2. The summed E-state index contributed by atoms with van der Waals surface area (Å²) in [5.41, 5.74) is 2.13. The monoisotopic (exact) mass is 385 g/mol. The van der Waals surface area contributed by atoms with E-state index in [1.54, 1.807) is 4.90 Å². The molecule has 1 unspecified atom stereocenters. The van der Waals surface area contributed by atoms with Gasteiger partial charge in [-0.1, -0.05) is 30.3 Å². The topological polar surface area (TPSA) is 56.4 Å². The summed E-state index contributed by atoms with van der Waals surface area (Å²) in [7, 11) is 2.00. The molecule has 0 spiro atoms. The summed E-state index contributed by atoms with van der Waals surface area (Å²) in [5, 5.41) is 2.98. The fourth-order valence-electron chi connectivity index (χ4n) is 3.26. The first-order valence-corrected chi connectivity index (χ1v) is 9.98. The van der Waals surface area contributed by atoms with Gasteiger partial charge in [-0.05, 0) is 24.3 Å². The second kappa shape index (κ2) is 10.8. The van der Waals surface area contributed by atoms with Crippen LogP contribution in [0, 0.1) is 0 Å². The van der Waals surface area contributed by atoms with Crippen LogP contribution in [0.5, 0.6) is 5.75 Å². The van der Waals surface area contributed by atoms with E-state index in [1.165, 1.54) is 5.56 Å². The molecule has 0 bridgehead atoms. The molecule has 1 atom stereocenters. The molecule has 3 N–H and O–H groups in total. The van der Waals surface area contributed by atoms with Gasteiger partial charge in [0.2, 0.25) is 0 Å². The van der Waals surface area contributed by atoms with E-state index in [2.05, 4.69) is 17.4 Å². The standard InChI is InChI=1S/C22H29N3O3/c1-24(11-16-28-21-5-3-2-4-6-21)18-22(26)23-20-9-7-19(8-10-20)17-25-12-14-27-15-13-25/h2-10H,11-18H2,1H3,(H,23,26)/p+2. The van der Waals surface area contributed by atoms with Crippen LogP contribution in [0.4, 0.5) is 5.69 Å². The zero-order chi connectivity index (χ0) is 19.6. The number of hydrogen-bond acceptors (Lipinski definition) is 3. The van der Waals surface area contributed by atoms with Crippen LogP contribution >= 0.6 is 0 Å². The summed E-state index contributed by atoms with van der Waals surface area (Å²) >= 11 is 0. The fraction of sp³-hybridized carbons (Fsp3) is 0.409. The van der Waals surface area contributed by atoms with Crippen LogP contribution in [-0.4, -0.2) is 59.0 Å². The van der Waals surface area contributed by atoms with Crippen molar-refractivity contribution >= 4 is 11.6 Å². The van der Waals surface area contributed by atoms with Crippen molar-refractivity contribution in [1.82, 2.24) is 0 Å². The highest BCUT2D eigenvalue weighted by Gasteiger charge is 2.14. The molecule has 0 aliphatic carbocycles. The molecule has 0 saturated carbocycles. The van der Waals surface area contributed by atoms with Crippen LogP contribution < -0.4 is 19.9 Å². The molecule has 28 heavy (non-hydrogen) atoms. The number of carbonyl (C=O) groups excluding carboxylic acids is 1. The number of ether oxygens (including phenoxy) is 2. The molecule has 1 heterocycles. The third kappa shape index (κ3) is 6.96. The Bertz CT molecular complexity index is 716. The number of hydrogen-bond donors (Lipinski definition) is 3. The Labute approximate surface area is 167 Å². The number of morpholine rings is 1. The Morgan fingerprint density at radius 2 is 1.82 bits per heavy atom. The Morgan fingerprint density at radius 1 is 1.11 bits per heavy atom. The van der Waals surface area contributed by atoms with Gasteiger partial charge in [0.15, 0.2) is 6.54 Å². The first-order chi connectivity index (χ1) is 13.7. The third-order valence-electron chi connectivity index (χ3n) is 4.89. The van der Waals surface area contributed by atoms with Gasteiger partial charge in [-0.3, -0.25) is 4.79 Å². The molecule has 0 radical (unpaired) electrons. The van der Waals surface area contributed by atoms with Crippen molar-refractivity contribution in [1.29, 1.82) is 0 Å². The van der Waals surface area contributed by atoms with Crippen molar-refractivity contribution in [3.63, 3.8) is 0 Å². The normalized spacial score (nSPS) is 15.8. The Morgan fingerprint density at radius 3 is 2.54 bits per heavy atom. The molecular formula is C22H31N3O3+2. The molecule has 3 rings (SSSR count). The lowest BCUT2D eigenvalue weighted by Gasteiger charge is -2.23. The lowest BCUT2D eigenvalue weighted by atomic mass is 10.2. The van der Waals surface area contributed by atoms with Gasteiger partial charge in [0.25, 0.3) is 5.91 Å². The van der Waals surface area contributed by atoms with Crippen LogP contribution in [0.1, 0.15) is 5.56 Å². The maximum absolute atomic E-state index is 12.3. The minimum absolute atomic E-state index is 0.0174. The number of para-hydroxylation sites is 1. The zero-order valence-electron chi connectivity index (χ0n) is 16.6. The average molecular weight is 386 g/mol. The fourth-order valence-corrected chi connectivity index (χ4v) is 3.26. The molecular weight excluding hydrogens is 354 g/mol. The minimum atomic E-state index is 0.0174. The lowest BCUT2D eigenvalue weighted by molar-refractivity contribution is -0.921. The number of carbonyl (C=O) groups is 1. The maximum Gasteiger partial charge on any atom is 0.279 e. The van der Waals surface area contributed by atoms with Gasteiger partial charge < -0.3 is 24.6 Å². The molecule has 1 aliphatic rings. The van der Waals surface area contributed by atoms with Crippen molar-refractivity contribution in [3.8, 4) is 5.75 Å². The summed E-state index contributed by atoms with van der Waals surface area (Å²) in [5.74, 6) is 0.877. The predicted molar refractivity (Wildman–Crippen MR) is 109 cm³/mol. The number of likely N-dealkylation sites (N-methyl/N-ethyl adjacent to an activating group) is 1. The average Bonchev–Trinajstić information content (AvgIpc) is 2.71. The maximum atomic E-state index is 12.3. The molecule has 6 heteroatoms. The molecule has 150 valence electrons. The highest BCUT2D eigenvalue weighted by atomic mass is 16.5. The van der Waals surface area contributed by atoms with E-state index >= 15 is 0 Å². The second-order valence-corrected chi connectivity index (χ2v) is 7.33. The van der Waals surface area contributed by atoms with E-state index in [0.717, 1.165) is 55.7 Å². The number of anilines is 1. The van der Waals surface area contributed by atoms with E-state index in [-0.39, 0.29) is 5.91 Å². The van der Waals surface area contributed by atoms with Gasteiger partial charge in [0.05, 0.1) is 20.3 Å². The van der Waals surface area contributed by atoms with Crippen LogP contribution in [-0.2, 0) is 16.1 Å². The molecule has 2 aromatic carbocycles. The summed E-state index contributed by atoms with van der Waals surface area (Å²) < 4.78 is 11.1. The summed E-state index contributed by atoms with van der Waals surface area (Å²) in [4.78, 5) is 14.9. The molecule has 6 nitrogen and oxygen atoms in total. The van der Waals surface area contributed by atoms with Gasteiger partial charge in [-0.25, -0.2) is 0 Å². The Hall–Kier alpha value is -2.41. The van der Waals surface area contributed by atoms with Gasteiger partial charge in [0, 0.05) is 11.3 Å². The third-order valence-corrected chi connectivity index (χ3v) is 4.89. The van der Waals surface area contributed by atoms with Crippen molar-refractivity contribution in [3.05, 3.63) is 60.2 Å². The van der Waals surface area contributed by atoms with E-state index in [9.17, 15) is 4.79 Å². The first kappa shape index (κ1) is 20.3. The van der Waals surface area contributed by atoms with Crippen LogP contribution in [0.3, 0.4) is 0 Å². The lowest BCUT2D eigenvalue weighted by Crippen LogP contribution is -3.12. The second-order valence-electron chi connectivity index (χ2n) is 7.33. The molecule has 2 aromatic rings. The van der Waals surface area contributed by atoms with Crippen molar-refractivity contribution in [2.45, 2.75) is 6.54 Å². The number of amides is 1. The van der Waals surface area contributed by atoms with Crippen molar-refractivity contribution < 1.29 is 24.1 Å².